The van der Waals surface area contributed by atoms with E-state index in [2.05, 4.69) is 17.4 Å². The number of hydrogen-bond acceptors (Lipinski definition) is 3. The van der Waals surface area contributed by atoms with Gasteiger partial charge >= 0.3 is 0 Å². The Morgan fingerprint density at radius 2 is 1.95 bits per heavy atom. The Morgan fingerprint density at radius 3 is 2.57 bits per heavy atom. The zero-order valence-corrected chi connectivity index (χ0v) is 13.1. The van der Waals surface area contributed by atoms with Gasteiger partial charge in [0.05, 0.1) is 12.6 Å². The minimum Gasteiger partial charge on any atom is -0.324 e. The first-order valence-electron chi connectivity index (χ1n) is 7.58. The molecular weight excluding hydrogens is 264 g/mol. The summed E-state index contributed by atoms with van der Waals surface area (Å²) in [4.78, 5) is 25.3. The largest absolute Gasteiger partial charge is 0.324 e. The van der Waals surface area contributed by atoms with E-state index < -0.39 is 0 Å². The van der Waals surface area contributed by atoms with Crippen LogP contribution in [-0.4, -0.2) is 36.2 Å². The van der Waals surface area contributed by atoms with Crippen LogP contribution in [0.2, 0.25) is 0 Å². The van der Waals surface area contributed by atoms with Gasteiger partial charge in [-0.15, -0.1) is 0 Å². The number of amides is 1. The molecule has 4 nitrogen and oxygen atoms in total. The molecule has 1 aliphatic rings. The van der Waals surface area contributed by atoms with Crippen molar-refractivity contribution >= 4 is 17.9 Å². The van der Waals surface area contributed by atoms with E-state index in [1.165, 1.54) is 5.56 Å². The molecule has 2 rings (SSSR count). The first kappa shape index (κ1) is 15.7. The lowest BCUT2D eigenvalue weighted by Crippen LogP contribution is -2.44. The second-order valence-electron chi connectivity index (χ2n) is 5.99. The van der Waals surface area contributed by atoms with Crippen LogP contribution in [0.4, 0.5) is 5.69 Å². The Morgan fingerprint density at radius 1 is 1.29 bits per heavy atom. The van der Waals surface area contributed by atoms with E-state index in [1.54, 1.807) is 0 Å². The maximum absolute atomic E-state index is 12.3. The molecule has 1 fully saturated rings. The highest BCUT2D eigenvalue weighted by atomic mass is 16.2. The van der Waals surface area contributed by atoms with Crippen LogP contribution in [0, 0.1) is 20.8 Å². The Hall–Kier alpha value is -1.68. The fourth-order valence-electron chi connectivity index (χ4n) is 3.11. The van der Waals surface area contributed by atoms with Gasteiger partial charge in [-0.25, -0.2) is 0 Å². The minimum atomic E-state index is -0.107. The molecule has 0 radical (unpaired) electrons. The quantitative estimate of drug-likeness (QED) is 0.866. The molecule has 0 aliphatic carbocycles. The fourth-order valence-corrected chi connectivity index (χ4v) is 3.11. The molecule has 1 aromatic rings. The lowest BCUT2D eigenvalue weighted by molar-refractivity contribution is -0.120. The van der Waals surface area contributed by atoms with Gasteiger partial charge in [0.2, 0.25) is 5.91 Å². The molecule has 1 aromatic carbocycles. The third kappa shape index (κ3) is 3.91. The smallest absolute Gasteiger partial charge is 0.238 e. The SMILES string of the molecule is Cc1cc(C)c(NC(=O)CN2CCCCC2C=O)c(C)c1. The minimum absolute atomic E-state index is 0.0428. The van der Waals surface area contributed by atoms with E-state index in [0.29, 0.717) is 0 Å². The molecular formula is C17H24N2O2. The molecule has 0 spiro atoms. The predicted octanol–water partition coefficient (Wildman–Crippen LogP) is 2.60. The van der Waals surface area contributed by atoms with Crippen molar-refractivity contribution in [3.8, 4) is 0 Å². The van der Waals surface area contributed by atoms with Crippen molar-refractivity contribution < 1.29 is 9.59 Å². The molecule has 21 heavy (non-hydrogen) atoms. The van der Waals surface area contributed by atoms with Crippen molar-refractivity contribution in [2.24, 2.45) is 0 Å². The second kappa shape index (κ2) is 6.85. The van der Waals surface area contributed by atoms with Gasteiger partial charge in [0.15, 0.2) is 0 Å². The first-order chi connectivity index (χ1) is 10.0. The Bertz CT molecular complexity index is 517. The number of anilines is 1. The number of carbonyl (C=O) groups excluding carboxylic acids is 2. The molecule has 0 saturated carbocycles. The van der Waals surface area contributed by atoms with E-state index in [0.717, 1.165) is 48.9 Å². The lowest BCUT2D eigenvalue weighted by Gasteiger charge is -2.31. The van der Waals surface area contributed by atoms with Crippen LogP contribution in [0.15, 0.2) is 12.1 Å². The van der Waals surface area contributed by atoms with Crippen LogP contribution in [-0.2, 0) is 9.59 Å². The van der Waals surface area contributed by atoms with E-state index in [4.69, 9.17) is 0 Å². The first-order valence-corrected chi connectivity index (χ1v) is 7.58. The molecule has 0 aromatic heterocycles. The molecule has 1 amide bonds. The van der Waals surface area contributed by atoms with Crippen LogP contribution in [0.1, 0.15) is 36.0 Å². The molecule has 1 heterocycles. The summed E-state index contributed by atoms with van der Waals surface area (Å²) < 4.78 is 0. The van der Waals surface area contributed by atoms with Gasteiger partial charge in [0, 0.05) is 5.69 Å². The number of aryl methyl sites for hydroxylation is 3. The molecule has 1 unspecified atom stereocenters. The average molecular weight is 288 g/mol. The summed E-state index contributed by atoms with van der Waals surface area (Å²) in [6, 6.07) is 4.03. The van der Waals surface area contributed by atoms with E-state index in [1.807, 2.05) is 25.7 Å². The highest BCUT2D eigenvalue weighted by Gasteiger charge is 2.23. The number of likely N-dealkylation sites (tertiary alicyclic amines) is 1. The van der Waals surface area contributed by atoms with Gasteiger partial charge in [-0.05, 0) is 51.3 Å². The van der Waals surface area contributed by atoms with Crippen LogP contribution in [0.3, 0.4) is 0 Å². The van der Waals surface area contributed by atoms with Crippen molar-refractivity contribution in [3.63, 3.8) is 0 Å². The summed E-state index contributed by atoms with van der Waals surface area (Å²) in [5.74, 6) is -0.0428. The lowest BCUT2D eigenvalue weighted by atomic mass is 10.0. The Kier molecular flexibility index (Phi) is 5.12. The summed E-state index contributed by atoms with van der Waals surface area (Å²) in [5.41, 5.74) is 4.24. The second-order valence-corrected chi connectivity index (χ2v) is 5.99. The number of benzene rings is 1. The fraction of sp³-hybridized carbons (Fsp3) is 0.529. The third-order valence-electron chi connectivity index (χ3n) is 4.11. The monoisotopic (exact) mass is 288 g/mol. The Labute approximate surface area is 126 Å². The molecule has 114 valence electrons. The van der Waals surface area contributed by atoms with Gasteiger partial charge in [0.25, 0.3) is 0 Å². The van der Waals surface area contributed by atoms with E-state index in [-0.39, 0.29) is 18.5 Å². The topological polar surface area (TPSA) is 49.4 Å². The highest BCUT2D eigenvalue weighted by Crippen LogP contribution is 2.22. The van der Waals surface area contributed by atoms with Gasteiger partial charge in [0.1, 0.15) is 6.29 Å². The van der Waals surface area contributed by atoms with Crippen molar-refractivity contribution in [1.82, 2.24) is 4.90 Å². The van der Waals surface area contributed by atoms with Crippen molar-refractivity contribution in [1.29, 1.82) is 0 Å². The average Bonchev–Trinajstić information content (AvgIpc) is 2.43. The molecule has 1 N–H and O–H groups in total. The van der Waals surface area contributed by atoms with E-state index in [9.17, 15) is 9.59 Å². The van der Waals surface area contributed by atoms with Crippen LogP contribution < -0.4 is 5.32 Å². The number of hydrogen-bond donors (Lipinski definition) is 1. The normalized spacial score (nSPS) is 19.3. The summed E-state index contributed by atoms with van der Waals surface area (Å²) in [5, 5.41) is 3.00. The predicted molar refractivity (Wildman–Crippen MR) is 84.6 cm³/mol. The maximum atomic E-state index is 12.3. The summed E-state index contributed by atoms with van der Waals surface area (Å²) in [7, 11) is 0. The van der Waals surface area contributed by atoms with Gasteiger partial charge in [-0.3, -0.25) is 9.69 Å². The van der Waals surface area contributed by atoms with Gasteiger partial charge < -0.3 is 10.1 Å². The Balaban J connectivity index is 2.03. The van der Waals surface area contributed by atoms with Gasteiger partial charge in [-0.1, -0.05) is 24.1 Å². The number of carbonyl (C=O) groups is 2. The van der Waals surface area contributed by atoms with Crippen LogP contribution in [0.25, 0.3) is 0 Å². The zero-order chi connectivity index (χ0) is 15.4. The number of rotatable bonds is 4. The van der Waals surface area contributed by atoms with Crippen LogP contribution in [0.5, 0.6) is 0 Å². The number of nitrogens with zero attached hydrogens (tertiary/aromatic N) is 1. The summed E-state index contributed by atoms with van der Waals surface area (Å²) in [6.07, 6.45) is 3.95. The van der Waals surface area contributed by atoms with Crippen molar-refractivity contribution in [2.75, 3.05) is 18.4 Å². The maximum Gasteiger partial charge on any atom is 0.238 e. The zero-order valence-electron chi connectivity index (χ0n) is 13.1. The third-order valence-corrected chi connectivity index (χ3v) is 4.11. The standard InChI is InChI=1S/C17H24N2O2/c1-12-8-13(2)17(14(3)9-12)18-16(21)10-19-7-5-4-6-15(19)11-20/h8-9,11,15H,4-7,10H2,1-3H3,(H,18,21). The number of nitrogens with one attached hydrogen (secondary N) is 1. The van der Waals surface area contributed by atoms with Crippen molar-refractivity contribution in [2.45, 2.75) is 46.1 Å². The van der Waals surface area contributed by atoms with Gasteiger partial charge in [-0.2, -0.15) is 0 Å². The van der Waals surface area contributed by atoms with Crippen molar-refractivity contribution in [3.05, 3.63) is 28.8 Å². The highest BCUT2D eigenvalue weighted by molar-refractivity contribution is 5.94. The molecule has 0 bridgehead atoms. The molecule has 4 heteroatoms. The summed E-state index contributed by atoms with van der Waals surface area (Å²) >= 11 is 0. The molecule has 1 atom stereocenters. The summed E-state index contributed by atoms with van der Waals surface area (Å²) in [6.45, 7) is 7.17. The number of aldehydes is 1. The van der Waals surface area contributed by atoms with Crippen LogP contribution >= 0.6 is 0 Å². The number of piperidine rings is 1. The molecule has 1 saturated heterocycles. The molecule has 1 aliphatic heterocycles. The van der Waals surface area contributed by atoms with E-state index >= 15 is 0 Å².